The molecule has 0 saturated heterocycles. The fourth-order valence-corrected chi connectivity index (χ4v) is 2.23. The highest BCUT2D eigenvalue weighted by atomic mass is 35.5. The van der Waals surface area contributed by atoms with Crippen LogP contribution in [0.15, 0.2) is 18.2 Å². The minimum Gasteiger partial charge on any atom is -0.312 e. The SMILES string of the molecule is CNN(C)c1ccc2nc(C)sc2c1.Cl.Cl. The van der Waals surface area contributed by atoms with Gasteiger partial charge in [0.25, 0.3) is 0 Å². The van der Waals surface area contributed by atoms with Gasteiger partial charge < -0.3 is 5.01 Å². The number of halogens is 2. The summed E-state index contributed by atoms with van der Waals surface area (Å²) in [6.45, 7) is 2.03. The molecule has 1 aromatic heterocycles. The van der Waals surface area contributed by atoms with E-state index < -0.39 is 0 Å². The normalized spacial score (nSPS) is 9.44. The van der Waals surface area contributed by atoms with Gasteiger partial charge in [0.1, 0.15) is 0 Å². The second-order valence-corrected chi connectivity index (χ2v) is 4.40. The summed E-state index contributed by atoms with van der Waals surface area (Å²) in [6.07, 6.45) is 0. The highest BCUT2D eigenvalue weighted by Crippen LogP contribution is 2.25. The molecular weight excluding hydrogens is 265 g/mol. The van der Waals surface area contributed by atoms with Crippen LogP contribution in [-0.4, -0.2) is 19.1 Å². The van der Waals surface area contributed by atoms with Crippen LogP contribution in [0, 0.1) is 6.92 Å². The largest absolute Gasteiger partial charge is 0.312 e. The second-order valence-electron chi connectivity index (χ2n) is 3.17. The first kappa shape index (κ1) is 15.4. The number of aryl methyl sites for hydroxylation is 1. The molecule has 6 heteroatoms. The number of hydrazine groups is 1. The Hall–Kier alpha value is -0.550. The van der Waals surface area contributed by atoms with Gasteiger partial charge >= 0.3 is 0 Å². The molecule has 0 unspecified atom stereocenters. The topological polar surface area (TPSA) is 28.2 Å². The number of fused-ring (bicyclic) bond motifs is 1. The Labute approximate surface area is 112 Å². The maximum Gasteiger partial charge on any atom is 0.0907 e. The number of nitrogens with one attached hydrogen (secondary N) is 1. The zero-order chi connectivity index (χ0) is 10.1. The highest BCUT2D eigenvalue weighted by molar-refractivity contribution is 7.18. The monoisotopic (exact) mass is 279 g/mol. The average molecular weight is 280 g/mol. The number of nitrogens with zero attached hydrogens (tertiary/aromatic N) is 2. The summed E-state index contributed by atoms with van der Waals surface area (Å²) >= 11 is 1.73. The summed E-state index contributed by atoms with van der Waals surface area (Å²) in [4.78, 5) is 4.42. The van der Waals surface area contributed by atoms with Crippen molar-refractivity contribution >= 4 is 52.1 Å². The van der Waals surface area contributed by atoms with E-state index in [0.29, 0.717) is 0 Å². The molecule has 0 aliphatic carbocycles. The molecule has 0 atom stereocenters. The number of rotatable bonds is 2. The lowest BCUT2D eigenvalue weighted by molar-refractivity contribution is 0.792. The molecular formula is C10H15Cl2N3S. The lowest BCUT2D eigenvalue weighted by Gasteiger charge is -2.16. The molecule has 0 radical (unpaired) electrons. The van der Waals surface area contributed by atoms with E-state index >= 15 is 0 Å². The fraction of sp³-hybridized carbons (Fsp3) is 0.300. The third-order valence-electron chi connectivity index (χ3n) is 2.20. The van der Waals surface area contributed by atoms with Crippen LogP contribution in [0.3, 0.4) is 0 Å². The van der Waals surface area contributed by atoms with E-state index in [0.717, 1.165) is 16.2 Å². The van der Waals surface area contributed by atoms with Crippen molar-refractivity contribution in [3.63, 3.8) is 0 Å². The van der Waals surface area contributed by atoms with Crippen molar-refractivity contribution in [1.29, 1.82) is 0 Å². The van der Waals surface area contributed by atoms with E-state index in [1.807, 2.05) is 26.0 Å². The van der Waals surface area contributed by atoms with Gasteiger partial charge in [0.2, 0.25) is 0 Å². The first-order chi connectivity index (χ1) is 6.70. The Morgan fingerprint density at radius 2 is 2.00 bits per heavy atom. The first-order valence-electron chi connectivity index (χ1n) is 4.49. The summed E-state index contributed by atoms with van der Waals surface area (Å²) in [5.41, 5.74) is 5.31. The summed E-state index contributed by atoms with van der Waals surface area (Å²) in [7, 11) is 3.90. The van der Waals surface area contributed by atoms with Gasteiger partial charge in [-0.25, -0.2) is 10.4 Å². The van der Waals surface area contributed by atoms with Gasteiger partial charge in [-0.1, -0.05) is 0 Å². The van der Waals surface area contributed by atoms with E-state index in [-0.39, 0.29) is 24.8 Å². The predicted molar refractivity (Wildman–Crippen MR) is 76.3 cm³/mol. The number of hydrogen-bond donors (Lipinski definition) is 1. The molecule has 2 aromatic rings. The molecule has 16 heavy (non-hydrogen) atoms. The van der Waals surface area contributed by atoms with Crippen molar-refractivity contribution in [2.45, 2.75) is 6.92 Å². The van der Waals surface area contributed by atoms with Crippen molar-refractivity contribution in [1.82, 2.24) is 10.4 Å². The van der Waals surface area contributed by atoms with Crippen LogP contribution in [0.1, 0.15) is 5.01 Å². The molecule has 90 valence electrons. The van der Waals surface area contributed by atoms with Crippen LogP contribution >= 0.6 is 36.2 Å². The molecule has 1 aromatic carbocycles. The Morgan fingerprint density at radius 3 is 2.62 bits per heavy atom. The van der Waals surface area contributed by atoms with Crippen molar-refractivity contribution in [2.24, 2.45) is 0 Å². The fourth-order valence-electron chi connectivity index (χ4n) is 1.37. The summed E-state index contributed by atoms with van der Waals surface area (Å²) in [5, 5.41) is 3.10. The van der Waals surface area contributed by atoms with E-state index in [1.54, 1.807) is 11.3 Å². The molecule has 1 N–H and O–H groups in total. The maximum atomic E-state index is 4.42. The van der Waals surface area contributed by atoms with Crippen LogP contribution < -0.4 is 10.4 Å². The number of aromatic nitrogens is 1. The van der Waals surface area contributed by atoms with Crippen molar-refractivity contribution in [3.8, 4) is 0 Å². The van der Waals surface area contributed by atoms with Gasteiger partial charge in [-0.2, -0.15) is 0 Å². The van der Waals surface area contributed by atoms with Gasteiger partial charge in [-0.05, 0) is 25.1 Å². The van der Waals surface area contributed by atoms with Gasteiger partial charge in [0.05, 0.1) is 20.9 Å². The van der Waals surface area contributed by atoms with E-state index in [1.165, 1.54) is 4.70 Å². The standard InChI is InChI=1S/C10H13N3S.2ClH/c1-7-12-9-5-4-8(13(3)11-2)6-10(9)14-7;;/h4-6,11H,1-3H3;2*1H. The Kier molecular flexibility index (Phi) is 6.04. The van der Waals surface area contributed by atoms with Crippen LogP contribution in [0.2, 0.25) is 0 Å². The van der Waals surface area contributed by atoms with Crippen molar-refractivity contribution in [3.05, 3.63) is 23.2 Å². The zero-order valence-electron chi connectivity index (χ0n) is 9.35. The van der Waals surface area contributed by atoms with Crippen LogP contribution in [0.25, 0.3) is 10.2 Å². The minimum absolute atomic E-state index is 0. The lowest BCUT2D eigenvalue weighted by Crippen LogP contribution is -2.30. The quantitative estimate of drug-likeness (QED) is 0.857. The number of thiazole rings is 1. The third kappa shape index (κ3) is 2.98. The zero-order valence-corrected chi connectivity index (χ0v) is 11.8. The molecule has 0 amide bonds. The summed E-state index contributed by atoms with van der Waals surface area (Å²) in [6, 6.07) is 6.27. The number of benzene rings is 1. The molecule has 0 aliphatic rings. The van der Waals surface area contributed by atoms with Crippen LogP contribution in [0.5, 0.6) is 0 Å². The highest BCUT2D eigenvalue weighted by Gasteiger charge is 2.03. The smallest absolute Gasteiger partial charge is 0.0907 e. The molecule has 0 saturated carbocycles. The summed E-state index contributed by atoms with van der Waals surface area (Å²) < 4.78 is 1.24. The van der Waals surface area contributed by atoms with Crippen molar-refractivity contribution < 1.29 is 0 Å². The molecule has 3 nitrogen and oxygen atoms in total. The van der Waals surface area contributed by atoms with Gasteiger partial charge in [-0.3, -0.25) is 0 Å². The van der Waals surface area contributed by atoms with Gasteiger partial charge in [-0.15, -0.1) is 36.2 Å². The predicted octanol–water partition coefficient (Wildman–Crippen LogP) is 3.02. The molecule has 0 spiro atoms. The number of anilines is 1. The van der Waals surface area contributed by atoms with Crippen molar-refractivity contribution in [2.75, 3.05) is 19.1 Å². The molecule has 1 heterocycles. The van der Waals surface area contributed by atoms with Crippen LogP contribution in [-0.2, 0) is 0 Å². The van der Waals surface area contributed by atoms with E-state index in [9.17, 15) is 0 Å². The lowest BCUT2D eigenvalue weighted by atomic mass is 10.3. The van der Waals surface area contributed by atoms with E-state index in [4.69, 9.17) is 0 Å². The molecule has 0 bridgehead atoms. The molecule has 2 rings (SSSR count). The summed E-state index contributed by atoms with van der Waals surface area (Å²) in [5.74, 6) is 0. The van der Waals surface area contributed by atoms with Gasteiger partial charge in [0, 0.05) is 14.1 Å². The van der Waals surface area contributed by atoms with Crippen LogP contribution in [0.4, 0.5) is 5.69 Å². The second kappa shape index (κ2) is 6.25. The number of hydrogen-bond acceptors (Lipinski definition) is 4. The van der Waals surface area contributed by atoms with Gasteiger partial charge in [0.15, 0.2) is 0 Å². The first-order valence-corrected chi connectivity index (χ1v) is 5.30. The Balaban J connectivity index is 0.00000112. The molecule has 0 fully saturated rings. The Bertz CT molecular complexity index is 458. The maximum absolute atomic E-state index is 4.42. The third-order valence-corrected chi connectivity index (χ3v) is 3.14. The molecule has 0 aliphatic heterocycles. The minimum atomic E-state index is 0. The van der Waals surface area contributed by atoms with E-state index in [2.05, 4.69) is 28.6 Å². The average Bonchev–Trinajstić information content (AvgIpc) is 2.55. The Morgan fingerprint density at radius 1 is 1.31 bits per heavy atom.